The molecule has 106 valence electrons. The SMILES string of the molecule is CC(NC(=O)CC1CCCN1)C1CCOCC1.Cl. The zero-order valence-corrected chi connectivity index (χ0v) is 11.9. The molecule has 2 unspecified atom stereocenters. The van der Waals surface area contributed by atoms with Crippen LogP contribution in [0.2, 0.25) is 0 Å². The van der Waals surface area contributed by atoms with E-state index in [9.17, 15) is 4.79 Å². The maximum absolute atomic E-state index is 11.9. The van der Waals surface area contributed by atoms with Crippen LogP contribution in [0.1, 0.15) is 39.0 Å². The average molecular weight is 277 g/mol. The van der Waals surface area contributed by atoms with Gasteiger partial charge in [-0.15, -0.1) is 12.4 Å². The zero-order valence-electron chi connectivity index (χ0n) is 11.1. The highest BCUT2D eigenvalue weighted by atomic mass is 35.5. The lowest BCUT2D eigenvalue weighted by Gasteiger charge is -2.28. The molecule has 2 aliphatic heterocycles. The Balaban J connectivity index is 0.00000162. The molecule has 1 amide bonds. The van der Waals surface area contributed by atoms with Crippen molar-refractivity contribution in [2.45, 2.75) is 51.1 Å². The first-order chi connectivity index (χ1) is 8.25. The third-order valence-electron chi connectivity index (χ3n) is 3.96. The summed E-state index contributed by atoms with van der Waals surface area (Å²) < 4.78 is 5.34. The predicted octanol–water partition coefficient (Wildman–Crippen LogP) is 1.48. The smallest absolute Gasteiger partial charge is 0.221 e. The third-order valence-corrected chi connectivity index (χ3v) is 3.96. The highest BCUT2D eigenvalue weighted by Gasteiger charge is 2.23. The summed E-state index contributed by atoms with van der Waals surface area (Å²) in [6.45, 7) is 4.87. The second kappa shape index (κ2) is 7.97. The van der Waals surface area contributed by atoms with Gasteiger partial charge >= 0.3 is 0 Å². The Labute approximate surface area is 116 Å². The van der Waals surface area contributed by atoms with Gasteiger partial charge in [0.25, 0.3) is 0 Å². The molecule has 0 saturated carbocycles. The van der Waals surface area contributed by atoms with Gasteiger partial charge in [0.15, 0.2) is 0 Å². The molecule has 2 fully saturated rings. The minimum Gasteiger partial charge on any atom is -0.381 e. The van der Waals surface area contributed by atoms with Crippen LogP contribution in [-0.4, -0.2) is 37.7 Å². The van der Waals surface area contributed by atoms with Crippen molar-refractivity contribution < 1.29 is 9.53 Å². The first-order valence-electron chi connectivity index (χ1n) is 6.86. The number of rotatable bonds is 4. The Bertz CT molecular complexity index is 251. The van der Waals surface area contributed by atoms with Gasteiger partial charge in [-0.25, -0.2) is 0 Å². The van der Waals surface area contributed by atoms with Gasteiger partial charge in [-0.1, -0.05) is 0 Å². The number of halogens is 1. The fourth-order valence-electron chi connectivity index (χ4n) is 2.80. The molecule has 0 spiro atoms. The predicted molar refractivity (Wildman–Crippen MR) is 74.0 cm³/mol. The van der Waals surface area contributed by atoms with Crippen LogP contribution in [-0.2, 0) is 9.53 Å². The number of hydrogen-bond donors (Lipinski definition) is 2. The molecule has 2 saturated heterocycles. The molecule has 0 aliphatic carbocycles. The van der Waals surface area contributed by atoms with Gasteiger partial charge in [0, 0.05) is 31.7 Å². The molecule has 4 nitrogen and oxygen atoms in total. The number of ether oxygens (including phenoxy) is 1. The first-order valence-corrected chi connectivity index (χ1v) is 6.86. The summed E-state index contributed by atoms with van der Waals surface area (Å²) in [4.78, 5) is 11.9. The summed E-state index contributed by atoms with van der Waals surface area (Å²) in [6.07, 6.45) is 5.12. The maximum Gasteiger partial charge on any atom is 0.221 e. The van der Waals surface area contributed by atoms with Crippen molar-refractivity contribution in [3.63, 3.8) is 0 Å². The van der Waals surface area contributed by atoms with Crippen LogP contribution in [0, 0.1) is 5.92 Å². The van der Waals surface area contributed by atoms with E-state index in [1.165, 1.54) is 6.42 Å². The minimum absolute atomic E-state index is 0. The Kier molecular flexibility index (Phi) is 6.97. The van der Waals surface area contributed by atoms with Crippen molar-refractivity contribution >= 4 is 18.3 Å². The van der Waals surface area contributed by atoms with E-state index in [1.807, 2.05) is 0 Å². The van der Waals surface area contributed by atoms with Crippen LogP contribution in [0.5, 0.6) is 0 Å². The van der Waals surface area contributed by atoms with Crippen molar-refractivity contribution in [2.24, 2.45) is 5.92 Å². The van der Waals surface area contributed by atoms with Gasteiger partial charge in [-0.05, 0) is 45.1 Å². The number of amides is 1. The first kappa shape index (κ1) is 15.7. The van der Waals surface area contributed by atoms with Gasteiger partial charge in [-0.2, -0.15) is 0 Å². The van der Waals surface area contributed by atoms with E-state index in [-0.39, 0.29) is 24.4 Å². The molecule has 0 radical (unpaired) electrons. The largest absolute Gasteiger partial charge is 0.381 e. The summed E-state index contributed by atoms with van der Waals surface area (Å²) >= 11 is 0. The van der Waals surface area contributed by atoms with Crippen LogP contribution >= 0.6 is 12.4 Å². The van der Waals surface area contributed by atoms with Crippen molar-refractivity contribution in [1.82, 2.24) is 10.6 Å². The fraction of sp³-hybridized carbons (Fsp3) is 0.923. The molecule has 2 rings (SSSR count). The number of carbonyl (C=O) groups is 1. The minimum atomic E-state index is 0. The number of carbonyl (C=O) groups excluding carboxylic acids is 1. The van der Waals surface area contributed by atoms with E-state index >= 15 is 0 Å². The van der Waals surface area contributed by atoms with E-state index in [4.69, 9.17) is 4.74 Å². The molecule has 2 heterocycles. The topological polar surface area (TPSA) is 50.4 Å². The molecule has 2 atom stereocenters. The van der Waals surface area contributed by atoms with Crippen LogP contribution < -0.4 is 10.6 Å². The second-order valence-corrected chi connectivity index (χ2v) is 5.30. The molecular formula is C13H25ClN2O2. The summed E-state index contributed by atoms with van der Waals surface area (Å²) in [7, 11) is 0. The highest BCUT2D eigenvalue weighted by molar-refractivity contribution is 5.85. The Hall–Kier alpha value is -0.320. The van der Waals surface area contributed by atoms with Gasteiger partial charge in [0.1, 0.15) is 0 Å². The standard InChI is InChI=1S/C13H24N2O2.ClH/c1-10(11-4-7-17-8-5-11)15-13(16)9-12-3-2-6-14-12;/h10-12,14H,2-9H2,1H3,(H,15,16);1H. The van der Waals surface area contributed by atoms with Crippen molar-refractivity contribution in [2.75, 3.05) is 19.8 Å². The van der Waals surface area contributed by atoms with E-state index in [2.05, 4.69) is 17.6 Å². The molecule has 0 aromatic heterocycles. The van der Waals surface area contributed by atoms with Gasteiger partial charge < -0.3 is 15.4 Å². The second-order valence-electron chi connectivity index (χ2n) is 5.30. The number of nitrogens with one attached hydrogen (secondary N) is 2. The molecule has 2 aliphatic rings. The molecule has 2 N–H and O–H groups in total. The van der Waals surface area contributed by atoms with Gasteiger partial charge in [0.2, 0.25) is 5.91 Å². The van der Waals surface area contributed by atoms with E-state index in [0.717, 1.165) is 39.0 Å². The van der Waals surface area contributed by atoms with Crippen molar-refractivity contribution in [3.05, 3.63) is 0 Å². The summed E-state index contributed by atoms with van der Waals surface area (Å²) in [6, 6.07) is 0.685. The lowest BCUT2D eigenvalue weighted by atomic mass is 9.93. The lowest BCUT2D eigenvalue weighted by Crippen LogP contribution is -2.42. The zero-order chi connectivity index (χ0) is 12.1. The Morgan fingerprint density at radius 3 is 2.72 bits per heavy atom. The highest BCUT2D eigenvalue weighted by Crippen LogP contribution is 2.18. The lowest BCUT2D eigenvalue weighted by molar-refractivity contribution is -0.122. The molecule has 0 aromatic carbocycles. The molecule has 0 bridgehead atoms. The molecule has 18 heavy (non-hydrogen) atoms. The van der Waals surface area contributed by atoms with Crippen molar-refractivity contribution in [3.8, 4) is 0 Å². The van der Waals surface area contributed by atoms with Crippen LogP contribution in [0.15, 0.2) is 0 Å². The maximum atomic E-state index is 11.9. The van der Waals surface area contributed by atoms with E-state index in [1.54, 1.807) is 0 Å². The van der Waals surface area contributed by atoms with Gasteiger partial charge in [0.05, 0.1) is 0 Å². The van der Waals surface area contributed by atoms with Crippen molar-refractivity contribution in [1.29, 1.82) is 0 Å². The summed E-state index contributed by atoms with van der Waals surface area (Å²) in [5.41, 5.74) is 0. The van der Waals surface area contributed by atoms with Gasteiger partial charge in [-0.3, -0.25) is 4.79 Å². The Morgan fingerprint density at radius 2 is 2.11 bits per heavy atom. The Morgan fingerprint density at radius 1 is 1.39 bits per heavy atom. The quantitative estimate of drug-likeness (QED) is 0.818. The summed E-state index contributed by atoms with van der Waals surface area (Å²) in [5, 5.41) is 6.50. The van der Waals surface area contributed by atoms with Crippen LogP contribution in [0.25, 0.3) is 0 Å². The number of hydrogen-bond acceptors (Lipinski definition) is 3. The monoisotopic (exact) mass is 276 g/mol. The average Bonchev–Trinajstić information content (AvgIpc) is 2.82. The normalized spacial score (nSPS) is 26.4. The van der Waals surface area contributed by atoms with E-state index in [0.29, 0.717) is 18.4 Å². The molecular weight excluding hydrogens is 252 g/mol. The van der Waals surface area contributed by atoms with Crippen LogP contribution in [0.3, 0.4) is 0 Å². The van der Waals surface area contributed by atoms with Crippen LogP contribution in [0.4, 0.5) is 0 Å². The fourth-order valence-corrected chi connectivity index (χ4v) is 2.80. The molecule has 5 heteroatoms. The molecule has 0 aromatic rings. The summed E-state index contributed by atoms with van der Waals surface area (Å²) in [5.74, 6) is 0.785. The third kappa shape index (κ3) is 4.75. The van der Waals surface area contributed by atoms with E-state index < -0.39 is 0 Å².